The maximum Gasteiger partial charge on any atom is 0.410 e. The molecule has 1 aromatic carbocycles. The quantitative estimate of drug-likeness (QED) is 0.761. The van der Waals surface area contributed by atoms with E-state index in [9.17, 15) is 9.18 Å². The van der Waals surface area contributed by atoms with Gasteiger partial charge in [0.2, 0.25) is 0 Å². The minimum absolute atomic E-state index is 0.0323. The Bertz CT molecular complexity index is 588. The molecule has 0 aromatic heterocycles. The number of benzene rings is 1. The van der Waals surface area contributed by atoms with Crippen molar-refractivity contribution in [1.82, 2.24) is 4.90 Å². The largest absolute Gasteiger partial charge is 0.490 e. The van der Waals surface area contributed by atoms with Crippen LogP contribution in [0.25, 0.3) is 0 Å². The van der Waals surface area contributed by atoms with Crippen LogP contribution in [0.4, 0.5) is 9.18 Å². The lowest BCUT2D eigenvalue weighted by atomic mass is 9.97. The Hall–Kier alpha value is -1.49. The van der Waals surface area contributed by atoms with Gasteiger partial charge in [0.25, 0.3) is 0 Å². The zero-order chi connectivity index (χ0) is 17.9. The molecule has 6 heteroatoms. The highest BCUT2D eigenvalue weighted by Gasteiger charge is 2.34. The number of rotatable bonds is 3. The van der Waals surface area contributed by atoms with Gasteiger partial charge in [-0.15, -0.1) is 0 Å². The normalized spacial score (nSPS) is 21.5. The zero-order valence-electron chi connectivity index (χ0n) is 14.6. The summed E-state index contributed by atoms with van der Waals surface area (Å²) in [7, 11) is 0. The van der Waals surface area contributed by atoms with Crippen LogP contribution < -0.4 is 4.74 Å². The SMILES string of the molecule is CC[C@H]1C[C@@H](Oc2ccc(F)c(Cl)c2)CCN1C(=O)OC(C)(C)C. The summed E-state index contributed by atoms with van der Waals surface area (Å²) < 4.78 is 24.6. The fraction of sp³-hybridized carbons (Fsp3) is 0.611. The second kappa shape index (κ2) is 7.60. The summed E-state index contributed by atoms with van der Waals surface area (Å²) in [6.07, 6.45) is 1.92. The van der Waals surface area contributed by atoms with Crippen molar-refractivity contribution in [2.24, 2.45) is 0 Å². The maximum atomic E-state index is 13.2. The number of halogens is 2. The molecule has 0 saturated carbocycles. The predicted octanol–water partition coefficient (Wildman–Crippen LogP) is 5.04. The number of likely N-dealkylation sites (tertiary alicyclic amines) is 1. The number of carbonyl (C=O) groups is 1. The van der Waals surface area contributed by atoms with Crippen molar-refractivity contribution in [2.45, 2.75) is 64.7 Å². The fourth-order valence-electron chi connectivity index (χ4n) is 2.81. The second-order valence-corrected chi connectivity index (χ2v) is 7.48. The first-order valence-electron chi connectivity index (χ1n) is 8.31. The smallest absolute Gasteiger partial charge is 0.410 e. The van der Waals surface area contributed by atoms with E-state index >= 15 is 0 Å². The Morgan fingerprint density at radius 3 is 2.71 bits per heavy atom. The third kappa shape index (κ3) is 5.00. The van der Waals surface area contributed by atoms with E-state index in [1.54, 1.807) is 11.0 Å². The third-order valence-corrected chi connectivity index (χ3v) is 4.25. The molecule has 0 bridgehead atoms. The van der Waals surface area contributed by atoms with E-state index in [1.165, 1.54) is 12.1 Å². The number of nitrogens with zero attached hydrogens (tertiary/aromatic N) is 1. The highest BCUT2D eigenvalue weighted by atomic mass is 35.5. The predicted molar refractivity (Wildman–Crippen MR) is 92.1 cm³/mol. The molecule has 0 aliphatic carbocycles. The van der Waals surface area contributed by atoms with Crippen molar-refractivity contribution < 1.29 is 18.7 Å². The van der Waals surface area contributed by atoms with Crippen molar-refractivity contribution in [3.8, 4) is 5.75 Å². The third-order valence-electron chi connectivity index (χ3n) is 3.96. The van der Waals surface area contributed by atoms with Crippen LogP contribution in [0.1, 0.15) is 47.0 Å². The first kappa shape index (κ1) is 18.8. The molecule has 0 N–H and O–H groups in total. The monoisotopic (exact) mass is 357 g/mol. The lowest BCUT2D eigenvalue weighted by Gasteiger charge is -2.39. The van der Waals surface area contributed by atoms with E-state index in [1.807, 2.05) is 27.7 Å². The number of hydrogen-bond donors (Lipinski definition) is 0. The van der Waals surface area contributed by atoms with Crippen LogP contribution >= 0.6 is 11.6 Å². The molecule has 0 radical (unpaired) electrons. The lowest BCUT2D eigenvalue weighted by molar-refractivity contribution is -0.00467. The summed E-state index contributed by atoms with van der Waals surface area (Å²) in [5.74, 6) is 0.0853. The van der Waals surface area contributed by atoms with Gasteiger partial charge in [-0.25, -0.2) is 9.18 Å². The zero-order valence-corrected chi connectivity index (χ0v) is 15.4. The molecular formula is C18H25ClFNO3. The van der Waals surface area contributed by atoms with Crippen molar-refractivity contribution in [1.29, 1.82) is 0 Å². The molecule has 2 atom stereocenters. The van der Waals surface area contributed by atoms with Crippen molar-refractivity contribution >= 4 is 17.7 Å². The molecule has 1 aliphatic rings. The summed E-state index contributed by atoms with van der Waals surface area (Å²) in [6.45, 7) is 8.20. The summed E-state index contributed by atoms with van der Waals surface area (Å²) in [5, 5.41) is 0.0470. The van der Waals surface area contributed by atoms with Crippen LogP contribution in [-0.4, -0.2) is 35.3 Å². The van der Waals surface area contributed by atoms with Gasteiger partial charge in [0.15, 0.2) is 0 Å². The van der Waals surface area contributed by atoms with Crippen LogP contribution in [0.2, 0.25) is 5.02 Å². The van der Waals surface area contributed by atoms with Gasteiger partial charge < -0.3 is 14.4 Å². The van der Waals surface area contributed by atoms with E-state index < -0.39 is 11.4 Å². The molecular weight excluding hydrogens is 333 g/mol. The molecule has 1 amide bonds. The van der Waals surface area contributed by atoms with Crippen molar-refractivity contribution in [3.63, 3.8) is 0 Å². The topological polar surface area (TPSA) is 38.8 Å². The first-order chi connectivity index (χ1) is 11.2. The van der Waals surface area contributed by atoms with E-state index in [0.29, 0.717) is 25.1 Å². The van der Waals surface area contributed by atoms with E-state index in [4.69, 9.17) is 21.1 Å². The van der Waals surface area contributed by atoms with Crippen LogP contribution in [0.15, 0.2) is 18.2 Å². The Morgan fingerprint density at radius 2 is 2.12 bits per heavy atom. The maximum absolute atomic E-state index is 13.2. The summed E-state index contributed by atoms with van der Waals surface area (Å²) in [4.78, 5) is 14.1. The molecule has 2 rings (SSSR count). The standard InChI is InChI=1S/C18H25ClFNO3/c1-5-12-10-14(23-13-6-7-16(20)15(19)11-13)8-9-21(12)17(22)24-18(2,3)4/h6-7,11-12,14H,5,8-10H2,1-4H3/t12-,14-/m0/s1. The molecule has 1 heterocycles. The van der Waals surface area contributed by atoms with Crippen LogP contribution in [0.3, 0.4) is 0 Å². The number of ether oxygens (including phenoxy) is 2. The van der Waals surface area contributed by atoms with Gasteiger partial charge in [-0.05, 0) is 39.3 Å². The summed E-state index contributed by atoms with van der Waals surface area (Å²) in [5.41, 5.74) is -0.506. The van der Waals surface area contributed by atoms with Gasteiger partial charge in [0.1, 0.15) is 23.3 Å². The molecule has 1 saturated heterocycles. The van der Waals surface area contributed by atoms with Gasteiger partial charge >= 0.3 is 6.09 Å². The Morgan fingerprint density at radius 1 is 1.42 bits per heavy atom. The molecule has 1 aliphatic heterocycles. The van der Waals surface area contributed by atoms with E-state index in [2.05, 4.69) is 0 Å². The number of piperidine rings is 1. The Kier molecular flexibility index (Phi) is 5.97. The average Bonchev–Trinajstić information content (AvgIpc) is 2.49. The Balaban J connectivity index is 1.98. The van der Waals surface area contributed by atoms with Gasteiger partial charge in [-0.1, -0.05) is 18.5 Å². The van der Waals surface area contributed by atoms with Gasteiger partial charge in [0.05, 0.1) is 5.02 Å². The fourth-order valence-corrected chi connectivity index (χ4v) is 2.98. The molecule has 24 heavy (non-hydrogen) atoms. The van der Waals surface area contributed by atoms with E-state index in [-0.39, 0.29) is 23.3 Å². The van der Waals surface area contributed by atoms with Crippen LogP contribution in [0.5, 0.6) is 5.75 Å². The highest BCUT2D eigenvalue weighted by Crippen LogP contribution is 2.28. The lowest BCUT2D eigenvalue weighted by Crippen LogP contribution is -2.50. The summed E-state index contributed by atoms with van der Waals surface area (Å²) in [6, 6.07) is 4.42. The Labute approximate surface area is 147 Å². The minimum atomic E-state index is -0.506. The van der Waals surface area contributed by atoms with Gasteiger partial charge in [-0.2, -0.15) is 0 Å². The number of hydrogen-bond acceptors (Lipinski definition) is 3. The molecule has 4 nitrogen and oxygen atoms in total. The van der Waals surface area contributed by atoms with Crippen LogP contribution in [-0.2, 0) is 4.74 Å². The van der Waals surface area contributed by atoms with E-state index in [0.717, 1.165) is 6.42 Å². The van der Waals surface area contributed by atoms with Crippen molar-refractivity contribution in [3.05, 3.63) is 29.0 Å². The van der Waals surface area contributed by atoms with Crippen molar-refractivity contribution in [2.75, 3.05) is 6.54 Å². The number of amides is 1. The summed E-state index contributed by atoms with van der Waals surface area (Å²) >= 11 is 5.79. The molecule has 0 unspecified atom stereocenters. The number of carbonyl (C=O) groups excluding carboxylic acids is 1. The first-order valence-corrected chi connectivity index (χ1v) is 8.68. The average molecular weight is 358 g/mol. The molecule has 134 valence electrons. The molecule has 1 aromatic rings. The highest BCUT2D eigenvalue weighted by molar-refractivity contribution is 6.30. The van der Waals surface area contributed by atoms with Gasteiger partial charge in [0, 0.05) is 31.5 Å². The van der Waals surface area contributed by atoms with Crippen LogP contribution in [0, 0.1) is 5.82 Å². The second-order valence-electron chi connectivity index (χ2n) is 7.08. The molecule has 1 fully saturated rings. The van der Waals surface area contributed by atoms with Gasteiger partial charge in [-0.3, -0.25) is 0 Å². The minimum Gasteiger partial charge on any atom is -0.490 e. The molecule has 0 spiro atoms.